The van der Waals surface area contributed by atoms with Crippen molar-refractivity contribution in [2.45, 2.75) is 42.6 Å². The van der Waals surface area contributed by atoms with Crippen molar-refractivity contribution in [3.05, 3.63) is 35.9 Å². The zero-order valence-corrected chi connectivity index (χ0v) is 14.2. The number of hydrogen-bond donors (Lipinski definition) is 1. The molecule has 0 aliphatic carbocycles. The summed E-state index contributed by atoms with van der Waals surface area (Å²) in [5, 5.41) is 3.37. The molecule has 0 spiro atoms. The number of esters is 1. The highest BCUT2D eigenvalue weighted by Gasteiger charge is 2.23. The summed E-state index contributed by atoms with van der Waals surface area (Å²) in [6, 6.07) is 10.1. The Morgan fingerprint density at radius 2 is 1.95 bits per heavy atom. The topological polar surface area (TPSA) is 38.3 Å². The summed E-state index contributed by atoms with van der Waals surface area (Å²) in [5.74, 6) is -0.361. The van der Waals surface area contributed by atoms with Gasteiger partial charge < -0.3 is 10.1 Å². The van der Waals surface area contributed by atoms with Gasteiger partial charge in [0.25, 0.3) is 0 Å². The molecule has 0 aromatic heterocycles. The highest BCUT2D eigenvalue weighted by molar-refractivity contribution is 6.67. The third-order valence-electron chi connectivity index (χ3n) is 2.88. The summed E-state index contributed by atoms with van der Waals surface area (Å²) < 4.78 is 3.40. The van der Waals surface area contributed by atoms with E-state index >= 15 is 0 Å². The standard InChI is InChI=1S/C15H20Cl3NO2/c1-2-6-13(9-14(20)21-11-15(16,17)18)19-10-12-7-4-3-5-8-12/h3-5,7-8,13,19H,2,6,9-11H2,1H3. The number of ether oxygens (including phenoxy) is 1. The van der Waals surface area contributed by atoms with Gasteiger partial charge in [0.2, 0.25) is 3.79 Å². The fourth-order valence-electron chi connectivity index (χ4n) is 1.91. The molecular formula is C15H20Cl3NO2. The van der Waals surface area contributed by atoms with E-state index in [1.54, 1.807) is 0 Å². The van der Waals surface area contributed by atoms with Crippen molar-refractivity contribution in [3.8, 4) is 0 Å². The lowest BCUT2D eigenvalue weighted by Crippen LogP contribution is -2.32. The van der Waals surface area contributed by atoms with Gasteiger partial charge in [-0.25, -0.2) is 0 Å². The van der Waals surface area contributed by atoms with Gasteiger partial charge in [0.1, 0.15) is 6.61 Å². The van der Waals surface area contributed by atoms with E-state index < -0.39 is 3.79 Å². The maximum Gasteiger partial charge on any atom is 0.307 e. The van der Waals surface area contributed by atoms with Crippen molar-refractivity contribution in [3.63, 3.8) is 0 Å². The minimum Gasteiger partial charge on any atom is -0.461 e. The molecule has 0 aliphatic rings. The molecule has 21 heavy (non-hydrogen) atoms. The van der Waals surface area contributed by atoms with Gasteiger partial charge in [-0.15, -0.1) is 0 Å². The number of carbonyl (C=O) groups is 1. The minimum atomic E-state index is -1.56. The van der Waals surface area contributed by atoms with E-state index in [0.717, 1.165) is 12.8 Å². The van der Waals surface area contributed by atoms with E-state index in [-0.39, 0.29) is 25.0 Å². The predicted octanol–water partition coefficient (Wildman–Crippen LogP) is 4.25. The molecule has 1 N–H and O–H groups in total. The smallest absolute Gasteiger partial charge is 0.307 e. The Bertz CT molecular complexity index is 421. The van der Waals surface area contributed by atoms with Crippen molar-refractivity contribution < 1.29 is 9.53 Å². The molecule has 6 heteroatoms. The summed E-state index contributed by atoms with van der Waals surface area (Å²) in [5.41, 5.74) is 1.17. The van der Waals surface area contributed by atoms with E-state index in [9.17, 15) is 4.79 Å². The molecule has 0 saturated heterocycles. The van der Waals surface area contributed by atoms with Gasteiger partial charge in [-0.05, 0) is 12.0 Å². The van der Waals surface area contributed by atoms with Crippen LogP contribution in [0, 0.1) is 0 Å². The van der Waals surface area contributed by atoms with Crippen LogP contribution in [-0.2, 0) is 16.1 Å². The van der Waals surface area contributed by atoms with Crippen molar-refractivity contribution in [2.24, 2.45) is 0 Å². The summed E-state index contributed by atoms with van der Waals surface area (Å²) in [6.07, 6.45) is 2.13. The quantitative estimate of drug-likeness (QED) is 0.561. The molecule has 1 aromatic carbocycles. The molecule has 3 nitrogen and oxygen atoms in total. The third kappa shape index (κ3) is 9.20. The molecule has 1 unspecified atom stereocenters. The minimum absolute atomic E-state index is 0.0538. The van der Waals surface area contributed by atoms with Crippen molar-refractivity contribution in [2.75, 3.05) is 6.61 Å². The van der Waals surface area contributed by atoms with Crippen LogP contribution >= 0.6 is 34.8 Å². The second-order valence-electron chi connectivity index (χ2n) is 4.83. The number of halogens is 3. The average Bonchev–Trinajstić information content (AvgIpc) is 2.43. The van der Waals surface area contributed by atoms with Crippen LogP contribution in [0.4, 0.5) is 0 Å². The molecule has 1 atom stereocenters. The zero-order chi connectivity index (χ0) is 15.7. The first-order chi connectivity index (χ1) is 9.90. The Balaban J connectivity index is 2.40. The Kier molecular flexibility index (Phi) is 8.42. The number of benzene rings is 1. The van der Waals surface area contributed by atoms with Gasteiger partial charge in [-0.3, -0.25) is 4.79 Å². The summed E-state index contributed by atoms with van der Waals surface area (Å²) in [7, 11) is 0. The molecule has 0 bridgehead atoms. The van der Waals surface area contributed by atoms with Crippen LogP contribution < -0.4 is 5.32 Å². The molecule has 1 aromatic rings. The fraction of sp³-hybridized carbons (Fsp3) is 0.533. The highest BCUT2D eigenvalue weighted by atomic mass is 35.6. The number of hydrogen-bond acceptors (Lipinski definition) is 3. The third-order valence-corrected chi connectivity index (χ3v) is 3.21. The number of alkyl halides is 3. The molecule has 0 fully saturated rings. The van der Waals surface area contributed by atoms with E-state index in [4.69, 9.17) is 39.5 Å². The summed E-state index contributed by atoms with van der Waals surface area (Å²) in [6.45, 7) is 2.56. The van der Waals surface area contributed by atoms with Crippen LogP contribution in [0.2, 0.25) is 0 Å². The van der Waals surface area contributed by atoms with Crippen LogP contribution in [0.3, 0.4) is 0 Å². The summed E-state index contributed by atoms with van der Waals surface area (Å²) in [4.78, 5) is 11.7. The Morgan fingerprint density at radius 1 is 1.29 bits per heavy atom. The second-order valence-corrected chi connectivity index (χ2v) is 7.35. The van der Waals surface area contributed by atoms with Crippen LogP contribution in [-0.4, -0.2) is 22.4 Å². The monoisotopic (exact) mass is 351 g/mol. The van der Waals surface area contributed by atoms with Gasteiger partial charge in [-0.1, -0.05) is 78.5 Å². The molecular weight excluding hydrogens is 333 g/mol. The fourth-order valence-corrected chi connectivity index (χ4v) is 2.07. The first kappa shape index (κ1) is 18.6. The normalized spacial score (nSPS) is 13.0. The molecule has 0 amide bonds. The van der Waals surface area contributed by atoms with E-state index in [2.05, 4.69) is 12.2 Å². The SMILES string of the molecule is CCCC(CC(=O)OCC(Cl)(Cl)Cl)NCc1ccccc1. The van der Waals surface area contributed by atoms with E-state index in [1.165, 1.54) is 5.56 Å². The van der Waals surface area contributed by atoms with Crippen LogP contribution in [0.5, 0.6) is 0 Å². The van der Waals surface area contributed by atoms with Gasteiger partial charge in [0, 0.05) is 12.6 Å². The van der Waals surface area contributed by atoms with Gasteiger partial charge in [0.15, 0.2) is 0 Å². The molecule has 0 heterocycles. The van der Waals surface area contributed by atoms with Crippen LogP contribution in [0.25, 0.3) is 0 Å². The summed E-state index contributed by atoms with van der Waals surface area (Å²) >= 11 is 16.7. The average molecular weight is 353 g/mol. The van der Waals surface area contributed by atoms with Crippen LogP contribution in [0.1, 0.15) is 31.7 Å². The van der Waals surface area contributed by atoms with Crippen LogP contribution in [0.15, 0.2) is 30.3 Å². The lowest BCUT2D eigenvalue weighted by Gasteiger charge is -2.18. The number of carbonyl (C=O) groups excluding carboxylic acids is 1. The van der Waals surface area contributed by atoms with Gasteiger partial charge in [-0.2, -0.15) is 0 Å². The first-order valence-electron chi connectivity index (χ1n) is 6.90. The van der Waals surface area contributed by atoms with E-state index in [1.807, 2.05) is 30.3 Å². The van der Waals surface area contributed by atoms with E-state index in [0.29, 0.717) is 6.54 Å². The second kappa shape index (κ2) is 9.52. The predicted molar refractivity (Wildman–Crippen MR) is 87.8 cm³/mol. The van der Waals surface area contributed by atoms with Gasteiger partial charge in [0.05, 0.1) is 6.42 Å². The lowest BCUT2D eigenvalue weighted by atomic mass is 10.1. The zero-order valence-electron chi connectivity index (χ0n) is 12.0. The number of rotatable bonds is 8. The molecule has 0 radical (unpaired) electrons. The maximum absolute atomic E-state index is 11.7. The molecule has 1 rings (SSSR count). The maximum atomic E-state index is 11.7. The highest BCUT2D eigenvalue weighted by Crippen LogP contribution is 2.26. The van der Waals surface area contributed by atoms with Crippen molar-refractivity contribution in [1.29, 1.82) is 0 Å². The molecule has 118 valence electrons. The Morgan fingerprint density at radius 3 is 2.52 bits per heavy atom. The number of nitrogens with one attached hydrogen (secondary N) is 1. The van der Waals surface area contributed by atoms with Crippen molar-refractivity contribution >= 4 is 40.8 Å². The Hall–Kier alpha value is -0.480. The van der Waals surface area contributed by atoms with Crippen molar-refractivity contribution in [1.82, 2.24) is 5.32 Å². The molecule has 0 aliphatic heterocycles. The van der Waals surface area contributed by atoms with Gasteiger partial charge >= 0.3 is 5.97 Å². The lowest BCUT2D eigenvalue weighted by molar-refractivity contribution is -0.144. The Labute approximate surface area is 140 Å². The first-order valence-corrected chi connectivity index (χ1v) is 8.03. The largest absolute Gasteiger partial charge is 0.461 e. The molecule has 0 saturated carbocycles.